The van der Waals surface area contributed by atoms with Crippen LogP contribution in [0.2, 0.25) is 0 Å². The molecule has 1 aliphatic carbocycles. The summed E-state index contributed by atoms with van der Waals surface area (Å²) in [6.45, 7) is 5.96. The van der Waals surface area contributed by atoms with E-state index in [1.165, 1.54) is 49.0 Å². The Kier molecular flexibility index (Phi) is 9.29. The Morgan fingerprint density at radius 2 is 1.81 bits per heavy atom. The first kappa shape index (κ1) is 26.4. The molecular formula is C30H42N4O2S. The molecule has 2 saturated heterocycles. The van der Waals surface area contributed by atoms with E-state index < -0.39 is 0 Å². The predicted octanol–water partition coefficient (Wildman–Crippen LogP) is 4.28. The molecule has 2 aliphatic heterocycles. The van der Waals surface area contributed by atoms with Gasteiger partial charge < -0.3 is 15.1 Å². The third-order valence-corrected chi connectivity index (χ3v) is 9.33. The first-order chi connectivity index (χ1) is 18.2. The molecule has 0 spiro atoms. The lowest BCUT2D eigenvalue weighted by atomic mass is 9.88. The lowest BCUT2D eigenvalue weighted by Gasteiger charge is -2.34. The van der Waals surface area contributed by atoms with E-state index in [2.05, 4.69) is 40.5 Å². The van der Waals surface area contributed by atoms with Gasteiger partial charge in [0.25, 0.3) is 5.91 Å². The highest BCUT2D eigenvalue weighted by Gasteiger charge is 2.44. The van der Waals surface area contributed by atoms with Crippen molar-refractivity contribution in [1.82, 2.24) is 20.0 Å². The number of likely N-dealkylation sites (tertiary alicyclic amines) is 1. The minimum atomic E-state index is -0.372. The summed E-state index contributed by atoms with van der Waals surface area (Å²) < 4.78 is 0. The van der Waals surface area contributed by atoms with Crippen LogP contribution in [-0.4, -0.2) is 84.4 Å². The molecule has 5 rings (SSSR count). The van der Waals surface area contributed by atoms with Crippen molar-refractivity contribution in [2.45, 2.75) is 63.5 Å². The van der Waals surface area contributed by atoms with Crippen LogP contribution >= 0.6 is 11.3 Å². The number of carbonyl (C=O) groups excluding carboxylic acids is 2. The number of nitrogens with one attached hydrogen (secondary N) is 1. The zero-order valence-corrected chi connectivity index (χ0v) is 22.8. The number of carbonyl (C=O) groups is 2. The standard InChI is InChI=1S/C30H42N4O2S/c35-29(32-17-8-15-31-16-19-32)27-21-26(23-34(27)30(36)28-13-7-20-37-28)33(22-25-11-5-2-6-12-25)18-14-24-9-3-1-4-10-24/h1,3-4,7,9-10,13,20,25-27,31H,2,5-6,8,11-12,14-19,21-23H2. The van der Waals surface area contributed by atoms with E-state index >= 15 is 0 Å². The van der Waals surface area contributed by atoms with Gasteiger partial charge in [0.15, 0.2) is 0 Å². The average molecular weight is 523 g/mol. The van der Waals surface area contributed by atoms with E-state index in [9.17, 15) is 9.59 Å². The summed E-state index contributed by atoms with van der Waals surface area (Å²) in [5.41, 5.74) is 1.35. The number of hydrogen-bond donors (Lipinski definition) is 1. The van der Waals surface area contributed by atoms with Crippen LogP contribution in [0, 0.1) is 5.92 Å². The van der Waals surface area contributed by atoms with Crippen LogP contribution in [-0.2, 0) is 11.2 Å². The van der Waals surface area contributed by atoms with Gasteiger partial charge in [0, 0.05) is 45.3 Å². The molecule has 3 heterocycles. The third kappa shape index (κ3) is 6.81. The summed E-state index contributed by atoms with van der Waals surface area (Å²) in [4.78, 5) is 34.8. The highest BCUT2D eigenvalue weighted by Crippen LogP contribution is 2.31. The topological polar surface area (TPSA) is 55.9 Å². The Labute approximate surface area is 226 Å². The van der Waals surface area contributed by atoms with Crippen molar-refractivity contribution in [1.29, 1.82) is 0 Å². The van der Waals surface area contributed by atoms with Crippen LogP contribution in [0.3, 0.4) is 0 Å². The molecule has 2 atom stereocenters. The van der Waals surface area contributed by atoms with Gasteiger partial charge in [0.2, 0.25) is 5.91 Å². The minimum absolute atomic E-state index is 0.0180. The van der Waals surface area contributed by atoms with Crippen LogP contribution in [0.5, 0.6) is 0 Å². The average Bonchev–Trinajstić information content (AvgIpc) is 3.56. The second-order valence-corrected chi connectivity index (χ2v) is 12.0. The van der Waals surface area contributed by atoms with Crippen LogP contribution in [0.15, 0.2) is 47.8 Å². The largest absolute Gasteiger partial charge is 0.340 e. The normalized spacial score (nSPS) is 23.4. The Bertz CT molecular complexity index is 984. The molecule has 1 N–H and O–H groups in total. The highest BCUT2D eigenvalue weighted by atomic mass is 32.1. The maximum atomic E-state index is 13.9. The van der Waals surface area contributed by atoms with Gasteiger partial charge in [-0.2, -0.15) is 0 Å². The van der Waals surface area contributed by atoms with Gasteiger partial charge in [-0.15, -0.1) is 11.3 Å². The zero-order valence-electron chi connectivity index (χ0n) is 22.0. The second-order valence-electron chi connectivity index (χ2n) is 11.0. The zero-order chi connectivity index (χ0) is 25.5. The van der Waals surface area contributed by atoms with Crippen molar-refractivity contribution in [2.75, 3.05) is 45.8 Å². The lowest BCUT2D eigenvalue weighted by molar-refractivity contribution is -0.135. The number of hydrogen-bond acceptors (Lipinski definition) is 5. The summed E-state index contributed by atoms with van der Waals surface area (Å²) in [5, 5.41) is 5.35. The maximum absolute atomic E-state index is 13.9. The molecule has 0 radical (unpaired) electrons. The van der Waals surface area contributed by atoms with Crippen molar-refractivity contribution in [3.8, 4) is 0 Å². The van der Waals surface area contributed by atoms with Crippen LogP contribution in [0.25, 0.3) is 0 Å². The van der Waals surface area contributed by atoms with Crippen molar-refractivity contribution in [2.24, 2.45) is 5.92 Å². The van der Waals surface area contributed by atoms with Gasteiger partial charge in [-0.1, -0.05) is 55.7 Å². The predicted molar refractivity (Wildman–Crippen MR) is 150 cm³/mol. The molecule has 200 valence electrons. The highest BCUT2D eigenvalue weighted by molar-refractivity contribution is 7.12. The Hall–Kier alpha value is -2.22. The third-order valence-electron chi connectivity index (χ3n) is 8.47. The number of rotatable bonds is 8. The fourth-order valence-corrected chi connectivity index (χ4v) is 7.08. The molecule has 1 aromatic carbocycles. The molecule has 2 unspecified atom stereocenters. The molecule has 0 bridgehead atoms. The molecule has 1 aromatic heterocycles. The molecule has 3 aliphatic rings. The molecule has 1 saturated carbocycles. The van der Waals surface area contributed by atoms with Crippen molar-refractivity contribution < 1.29 is 9.59 Å². The summed E-state index contributed by atoms with van der Waals surface area (Å²) in [6, 6.07) is 14.4. The first-order valence-electron chi connectivity index (χ1n) is 14.3. The molecule has 3 fully saturated rings. The molecule has 37 heavy (non-hydrogen) atoms. The summed E-state index contributed by atoms with van der Waals surface area (Å²) >= 11 is 1.48. The van der Waals surface area contributed by atoms with Gasteiger partial charge in [-0.3, -0.25) is 14.5 Å². The Balaban J connectivity index is 1.36. The van der Waals surface area contributed by atoms with E-state index in [0.29, 0.717) is 6.54 Å². The number of amides is 2. The van der Waals surface area contributed by atoms with E-state index in [1.54, 1.807) is 0 Å². The molecular weight excluding hydrogens is 480 g/mol. The SMILES string of the molecule is O=C(C1CC(N(CCc2ccccc2)CC2CCCCC2)CN1C(=O)c1cccs1)N1CCCNCC1. The fourth-order valence-electron chi connectivity index (χ4n) is 6.40. The van der Waals surface area contributed by atoms with Gasteiger partial charge in [-0.05, 0) is 61.6 Å². The molecule has 7 heteroatoms. The van der Waals surface area contributed by atoms with Gasteiger partial charge in [-0.25, -0.2) is 0 Å². The van der Waals surface area contributed by atoms with Crippen molar-refractivity contribution in [3.63, 3.8) is 0 Å². The smallest absolute Gasteiger partial charge is 0.264 e. The minimum Gasteiger partial charge on any atom is -0.340 e. The summed E-state index contributed by atoms with van der Waals surface area (Å²) in [5.74, 6) is 0.874. The lowest BCUT2D eigenvalue weighted by Crippen LogP contribution is -2.48. The first-order valence-corrected chi connectivity index (χ1v) is 15.2. The van der Waals surface area contributed by atoms with E-state index in [-0.39, 0.29) is 23.9 Å². The summed E-state index contributed by atoms with van der Waals surface area (Å²) in [7, 11) is 0. The monoisotopic (exact) mass is 522 g/mol. The fraction of sp³-hybridized carbons (Fsp3) is 0.600. The number of nitrogens with zero attached hydrogens (tertiary/aromatic N) is 3. The van der Waals surface area contributed by atoms with Gasteiger partial charge in [0.05, 0.1) is 4.88 Å². The van der Waals surface area contributed by atoms with E-state index in [0.717, 1.165) is 69.3 Å². The van der Waals surface area contributed by atoms with Crippen molar-refractivity contribution in [3.05, 3.63) is 58.3 Å². The second kappa shape index (κ2) is 13.0. The Morgan fingerprint density at radius 3 is 2.59 bits per heavy atom. The summed E-state index contributed by atoms with van der Waals surface area (Å²) in [6.07, 6.45) is 9.32. The van der Waals surface area contributed by atoms with Crippen LogP contribution in [0.1, 0.15) is 60.2 Å². The maximum Gasteiger partial charge on any atom is 0.264 e. The molecule has 6 nitrogen and oxygen atoms in total. The van der Waals surface area contributed by atoms with Gasteiger partial charge >= 0.3 is 0 Å². The van der Waals surface area contributed by atoms with E-state index in [4.69, 9.17) is 0 Å². The van der Waals surface area contributed by atoms with Crippen LogP contribution in [0.4, 0.5) is 0 Å². The number of thiophene rings is 1. The molecule has 2 aromatic rings. The van der Waals surface area contributed by atoms with Gasteiger partial charge in [0.1, 0.15) is 6.04 Å². The quantitative estimate of drug-likeness (QED) is 0.562. The van der Waals surface area contributed by atoms with Crippen molar-refractivity contribution >= 4 is 23.2 Å². The Morgan fingerprint density at radius 1 is 0.973 bits per heavy atom. The van der Waals surface area contributed by atoms with Crippen LogP contribution < -0.4 is 5.32 Å². The van der Waals surface area contributed by atoms with E-state index in [1.807, 2.05) is 27.3 Å². The number of benzene rings is 1. The molecule has 2 amide bonds.